The van der Waals surface area contributed by atoms with Crippen molar-refractivity contribution in [3.8, 4) is 0 Å². The van der Waals surface area contributed by atoms with Crippen LogP contribution in [0.2, 0.25) is 5.02 Å². The minimum absolute atomic E-state index is 0.198. The highest BCUT2D eigenvalue weighted by Crippen LogP contribution is 2.45. The molecule has 2 atom stereocenters. The fraction of sp³-hybridized carbons (Fsp3) is 0.182. The average molecular weight is 449 g/mol. The van der Waals surface area contributed by atoms with Crippen LogP contribution < -0.4 is 0 Å². The molecule has 4 nitrogen and oxygen atoms in total. The molecule has 1 fully saturated rings. The van der Waals surface area contributed by atoms with Gasteiger partial charge in [0.2, 0.25) is 0 Å². The number of benzene rings is 3. The van der Waals surface area contributed by atoms with Crippen LogP contribution in [0.25, 0.3) is 0 Å². The molecule has 1 heterocycles. The first-order chi connectivity index (χ1) is 14.3. The summed E-state index contributed by atoms with van der Waals surface area (Å²) in [5, 5.41) is 2.09. The van der Waals surface area contributed by atoms with Crippen molar-refractivity contribution in [1.29, 1.82) is 0 Å². The van der Waals surface area contributed by atoms with Gasteiger partial charge < -0.3 is 0 Å². The Hall–Kier alpha value is -2.32. The third-order valence-electron chi connectivity index (χ3n) is 5.27. The molecule has 8 heteroatoms. The summed E-state index contributed by atoms with van der Waals surface area (Å²) >= 11 is 6.03. The maximum absolute atomic E-state index is 14.4. The van der Waals surface area contributed by atoms with Crippen molar-refractivity contribution >= 4 is 21.6 Å². The second-order valence-electron chi connectivity index (χ2n) is 7.21. The molecule has 1 aliphatic rings. The number of nitrogens with zero attached hydrogens (tertiary/aromatic N) is 2. The molecule has 4 rings (SSSR count). The van der Waals surface area contributed by atoms with Crippen LogP contribution in [-0.4, -0.2) is 31.4 Å². The molecule has 0 radical (unpaired) electrons. The number of hydrogen-bond donors (Lipinski definition) is 0. The highest BCUT2D eigenvalue weighted by atomic mass is 35.5. The number of sulfonamides is 1. The molecule has 1 unspecified atom stereocenters. The van der Waals surface area contributed by atoms with Crippen molar-refractivity contribution in [2.45, 2.75) is 16.9 Å². The minimum atomic E-state index is -4.30. The third kappa shape index (κ3) is 3.74. The van der Waals surface area contributed by atoms with Crippen molar-refractivity contribution < 1.29 is 17.2 Å². The van der Waals surface area contributed by atoms with Crippen LogP contribution in [0, 0.1) is 11.6 Å². The Labute approximate surface area is 179 Å². The van der Waals surface area contributed by atoms with Crippen molar-refractivity contribution in [2.24, 2.45) is 0 Å². The summed E-state index contributed by atoms with van der Waals surface area (Å²) in [5.74, 6) is -2.16. The average Bonchev–Trinajstić information content (AvgIpc) is 3.07. The van der Waals surface area contributed by atoms with Crippen LogP contribution in [0.4, 0.5) is 8.78 Å². The molecule has 1 aliphatic heterocycles. The lowest BCUT2D eigenvalue weighted by atomic mass is 9.89. The van der Waals surface area contributed by atoms with E-state index in [1.165, 1.54) is 4.41 Å². The highest BCUT2D eigenvalue weighted by Gasteiger charge is 2.47. The van der Waals surface area contributed by atoms with E-state index in [0.29, 0.717) is 17.6 Å². The fourth-order valence-electron chi connectivity index (χ4n) is 3.96. The largest absolute Gasteiger partial charge is 0.259 e. The Balaban J connectivity index is 1.87. The van der Waals surface area contributed by atoms with Crippen molar-refractivity contribution in [2.75, 3.05) is 13.6 Å². The first-order valence-electron chi connectivity index (χ1n) is 9.30. The smallest absolute Gasteiger partial charge is 0.230 e. The standard InChI is InChI=1S/C22H19ClF2N2O2S/c1-26-14-19(15-5-3-2-4-6-15)22(16-7-9-17(23)10-8-16)27(26)30(28,29)21-12-11-18(24)13-20(21)25/h2-13,19,22H,14H2,1H3/t19-,22?/m1/s1. The van der Waals surface area contributed by atoms with Crippen LogP contribution in [-0.2, 0) is 10.0 Å². The molecule has 0 saturated carbocycles. The van der Waals surface area contributed by atoms with Crippen molar-refractivity contribution in [3.63, 3.8) is 0 Å². The molecular weight excluding hydrogens is 430 g/mol. The lowest BCUT2D eigenvalue weighted by Crippen LogP contribution is -2.40. The highest BCUT2D eigenvalue weighted by molar-refractivity contribution is 7.89. The quantitative estimate of drug-likeness (QED) is 0.564. The first kappa shape index (κ1) is 20.9. The van der Waals surface area contributed by atoms with Gasteiger partial charge in [-0.2, -0.15) is 0 Å². The van der Waals surface area contributed by atoms with Gasteiger partial charge in [0.1, 0.15) is 16.5 Å². The zero-order valence-electron chi connectivity index (χ0n) is 16.0. The van der Waals surface area contributed by atoms with Crippen LogP contribution in [0.5, 0.6) is 0 Å². The van der Waals surface area contributed by atoms with Crippen molar-refractivity contribution in [3.05, 3.63) is 101 Å². The maximum atomic E-state index is 14.4. The Bertz CT molecular complexity index is 1160. The van der Waals surface area contributed by atoms with Gasteiger partial charge in [-0.25, -0.2) is 22.2 Å². The topological polar surface area (TPSA) is 40.6 Å². The van der Waals surface area contributed by atoms with E-state index >= 15 is 0 Å². The maximum Gasteiger partial charge on any atom is 0.259 e. The second-order valence-corrected chi connectivity index (χ2v) is 9.41. The molecule has 1 saturated heterocycles. The normalized spacial score (nSPS) is 20.5. The monoisotopic (exact) mass is 448 g/mol. The number of hydrazine groups is 1. The lowest BCUT2D eigenvalue weighted by Gasteiger charge is -2.30. The predicted molar refractivity (Wildman–Crippen MR) is 111 cm³/mol. The third-order valence-corrected chi connectivity index (χ3v) is 7.41. The summed E-state index contributed by atoms with van der Waals surface area (Å²) in [6, 6.07) is 18.3. The zero-order valence-corrected chi connectivity index (χ0v) is 17.6. The van der Waals surface area contributed by atoms with E-state index in [1.54, 1.807) is 36.3 Å². The first-order valence-corrected chi connectivity index (χ1v) is 11.1. The van der Waals surface area contributed by atoms with Crippen LogP contribution in [0.3, 0.4) is 0 Å². The van der Waals surface area contributed by atoms with Crippen LogP contribution in [0.15, 0.2) is 77.7 Å². The molecule has 3 aromatic rings. The molecule has 0 bridgehead atoms. The molecule has 30 heavy (non-hydrogen) atoms. The van der Waals surface area contributed by atoms with Gasteiger partial charge in [-0.1, -0.05) is 54.1 Å². The summed E-state index contributed by atoms with van der Waals surface area (Å²) in [4.78, 5) is -0.566. The van der Waals surface area contributed by atoms with Gasteiger partial charge in [-0.05, 0) is 35.4 Å². The molecule has 0 aromatic heterocycles. The summed E-state index contributed by atoms with van der Waals surface area (Å²) < 4.78 is 56.0. The molecule has 0 N–H and O–H groups in total. The van der Waals surface area contributed by atoms with Gasteiger partial charge in [-0.3, -0.25) is 0 Å². The number of halogens is 3. The molecule has 0 aliphatic carbocycles. The number of rotatable bonds is 4. The zero-order chi connectivity index (χ0) is 21.5. The van der Waals surface area contributed by atoms with Gasteiger partial charge in [0.25, 0.3) is 10.0 Å². The van der Waals surface area contributed by atoms with E-state index in [4.69, 9.17) is 11.6 Å². The van der Waals surface area contributed by atoms with Gasteiger partial charge in [0.05, 0.1) is 6.04 Å². The van der Waals surface area contributed by atoms with Gasteiger partial charge in [0.15, 0.2) is 0 Å². The Kier molecular flexibility index (Phi) is 5.63. The van der Waals surface area contributed by atoms with Crippen LogP contribution in [0.1, 0.15) is 23.1 Å². The van der Waals surface area contributed by atoms with Gasteiger partial charge in [0, 0.05) is 30.6 Å². The van der Waals surface area contributed by atoms with Crippen molar-refractivity contribution in [1.82, 2.24) is 9.42 Å². The summed E-state index contributed by atoms with van der Waals surface area (Å²) in [7, 11) is -2.66. The Morgan fingerprint density at radius 1 is 0.933 bits per heavy atom. The predicted octanol–water partition coefficient (Wildman–Crippen LogP) is 4.99. The molecule has 3 aromatic carbocycles. The van der Waals surface area contributed by atoms with Crippen LogP contribution >= 0.6 is 11.6 Å². The van der Waals surface area contributed by atoms with E-state index in [9.17, 15) is 17.2 Å². The number of likely N-dealkylation sites (N-methyl/N-ethyl adjacent to an activating group) is 1. The molecule has 0 amide bonds. The molecule has 156 valence electrons. The lowest BCUT2D eigenvalue weighted by molar-refractivity contribution is 0.124. The molecule has 0 spiro atoms. The van der Waals surface area contributed by atoms with E-state index in [-0.39, 0.29) is 5.92 Å². The van der Waals surface area contributed by atoms with E-state index < -0.39 is 32.6 Å². The van der Waals surface area contributed by atoms with Gasteiger partial charge >= 0.3 is 0 Å². The minimum Gasteiger partial charge on any atom is -0.230 e. The van der Waals surface area contributed by atoms with Gasteiger partial charge in [-0.15, -0.1) is 4.41 Å². The second kappa shape index (κ2) is 8.07. The number of hydrogen-bond acceptors (Lipinski definition) is 3. The molecular formula is C22H19ClF2N2O2S. The SMILES string of the molecule is CN1C[C@H](c2ccccc2)C(c2ccc(Cl)cc2)N1S(=O)(=O)c1ccc(F)cc1F. The Morgan fingerprint density at radius 3 is 2.23 bits per heavy atom. The summed E-state index contributed by atoms with van der Waals surface area (Å²) in [5.41, 5.74) is 1.69. The van der Waals surface area contributed by atoms with E-state index in [1.807, 2.05) is 30.3 Å². The Morgan fingerprint density at radius 2 is 1.60 bits per heavy atom. The summed E-state index contributed by atoms with van der Waals surface area (Å²) in [6.07, 6.45) is 0. The van der Waals surface area contributed by atoms with E-state index in [2.05, 4.69) is 0 Å². The fourth-order valence-corrected chi connectivity index (χ4v) is 5.83. The van der Waals surface area contributed by atoms with E-state index in [0.717, 1.165) is 23.3 Å². The summed E-state index contributed by atoms with van der Waals surface area (Å²) in [6.45, 7) is 0.402.